The van der Waals surface area contributed by atoms with Gasteiger partial charge < -0.3 is 10.6 Å². The number of carbonyl (C=O) groups is 1. The second-order valence-electron chi connectivity index (χ2n) is 6.92. The van der Waals surface area contributed by atoms with E-state index in [4.69, 9.17) is 0 Å². The molecule has 3 rings (SSSR count). The third kappa shape index (κ3) is 5.42. The van der Waals surface area contributed by atoms with Crippen molar-refractivity contribution in [2.24, 2.45) is 0 Å². The van der Waals surface area contributed by atoms with Gasteiger partial charge in [0.05, 0.1) is 11.0 Å². The molecule has 8 heteroatoms. The number of nitrogens with one attached hydrogen (secondary N) is 2. The molecule has 0 heterocycles. The summed E-state index contributed by atoms with van der Waals surface area (Å²) in [5.74, 6) is -1.89. The molecule has 0 saturated heterocycles. The lowest BCUT2D eigenvalue weighted by Gasteiger charge is -2.17. The summed E-state index contributed by atoms with van der Waals surface area (Å²) in [7, 11) is 0. The lowest BCUT2D eigenvalue weighted by atomic mass is 10.0. The van der Waals surface area contributed by atoms with Crippen molar-refractivity contribution in [3.8, 4) is 0 Å². The van der Waals surface area contributed by atoms with Gasteiger partial charge in [-0.05, 0) is 30.2 Å². The Balaban J connectivity index is 1.77. The van der Waals surface area contributed by atoms with Crippen LogP contribution in [0.2, 0.25) is 0 Å². The molecule has 0 saturated carbocycles. The molecule has 160 valence electrons. The van der Waals surface area contributed by atoms with E-state index in [1.165, 1.54) is 24.3 Å². The summed E-state index contributed by atoms with van der Waals surface area (Å²) >= 11 is 0. The van der Waals surface area contributed by atoms with Crippen molar-refractivity contribution in [2.45, 2.75) is 25.9 Å². The van der Waals surface area contributed by atoms with Gasteiger partial charge in [-0.25, -0.2) is 8.78 Å². The summed E-state index contributed by atoms with van der Waals surface area (Å²) in [5, 5.41) is 17.2. The predicted molar refractivity (Wildman–Crippen MR) is 114 cm³/mol. The van der Waals surface area contributed by atoms with Crippen molar-refractivity contribution >= 4 is 17.3 Å². The van der Waals surface area contributed by atoms with E-state index >= 15 is 0 Å². The molecule has 6 nitrogen and oxygen atoms in total. The molecular weight excluding hydrogens is 404 g/mol. The van der Waals surface area contributed by atoms with E-state index in [1.54, 1.807) is 0 Å². The van der Waals surface area contributed by atoms with Crippen molar-refractivity contribution in [3.63, 3.8) is 0 Å². The van der Waals surface area contributed by atoms with E-state index in [2.05, 4.69) is 10.6 Å². The van der Waals surface area contributed by atoms with Gasteiger partial charge in [-0.3, -0.25) is 14.9 Å². The average molecular weight is 425 g/mol. The Morgan fingerprint density at radius 2 is 1.81 bits per heavy atom. The van der Waals surface area contributed by atoms with Gasteiger partial charge in [-0.2, -0.15) is 0 Å². The minimum atomic E-state index is -0.752. The number of carbonyl (C=O) groups excluding carboxylic acids is 1. The van der Waals surface area contributed by atoms with E-state index in [-0.39, 0.29) is 35.1 Å². The van der Waals surface area contributed by atoms with E-state index in [0.29, 0.717) is 6.42 Å². The number of nitrogens with zero attached hydrogens (tertiary/aromatic N) is 1. The Hall–Kier alpha value is -3.81. The van der Waals surface area contributed by atoms with Crippen LogP contribution in [0.25, 0.3) is 0 Å². The number of amides is 1. The van der Waals surface area contributed by atoms with Crippen molar-refractivity contribution in [1.82, 2.24) is 5.32 Å². The number of halogens is 2. The Morgan fingerprint density at radius 3 is 2.45 bits per heavy atom. The van der Waals surface area contributed by atoms with E-state index in [0.717, 1.165) is 17.7 Å². The summed E-state index contributed by atoms with van der Waals surface area (Å²) in [4.78, 5) is 23.6. The fourth-order valence-corrected chi connectivity index (χ4v) is 3.18. The Labute approximate surface area is 178 Å². The molecule has 2 N–H and O–H groups in total. The number of anilines is 1. The zero-order chi connectivity index (χ0) is 22.4. The lowest BCUT2D eigenvalue weighted by molar-refractivity contribution is -0.384. The summed E-state index contributed by atoms with van der Waals surface area (Å²) in [6.45, 7) is 1.85. The number of nitro benzene ring substituents is 1. The summed E-state index contributed by atoms with van der Waals surface area (Å²) in [6.07, 6.45) is 0.653. The van der Waals surface area contributed by atoms with Crippen LogP contribution in [0.1, 0.15) is 40.9 Å². The first-order chi connectivity index (χ1) is 14.9. The maximum atomic E-state index is 13.8. The van der Waals surface area contributed by atoms with Crippen LogP contribution in [0.3, 0.4) is 0 Å². The molecule has 1 atom stereocenters. The zero-order valence-electron chi connectivity index (χ0n) is 16.8. The Morgan fingerprint density at radius 1 is 1.06 bits per heavy atom. The number of benzene rings is 3. The molecular formula is C23H21F2N3O3. The molecule has 0 bridgehead atoms. The smallest absolute Gasteiger partial charge is 0.293 e. The van der Waals surface area contributed by atoms with Crippen LogP contribution in [0.5, 0.6) is 0 Å². The maximum absolute atomic E-state index is 13.8. The van der Waals surface area contributed by atoms with Crippen molar-refractivity contribution < 1.29 is 18.5 Å². The first kappa shape index (κ1) is 21.9. The van der Waals surface area contributed by atoms with Crippen LogP contribution in [0, 0.1) is 21.7 Å². The molecule has 0 spiro atoms. The topological polar surface area (TPSA) is 84.3 Å². The number of nitro groups is 1. The number of hydrogen-bond donors (Lipinski definition) is 2. The highest BCUT2D eigenvalue weighted by Crippen LogP contribution is 2.27. The molecule has 0 radical (unpaired) electrons. The van der Waals surface area contributed by atoms with Crippen LogP contribution in [0.15, 0.2) is 66.7 Å². The highest BCUT2D eigenvalue weighted by Gasteiger charge is 2.20. The van der Waals surface area contributed by atoms with Crippen LogP contribution in [-0.2, 0) is 6.54 Å². The Kier molecular flexibility index (Phi) is 6.92. The fraction of sp³-hybridized carbons (Fsp3) is 0.174. The highest BCUT2D eigenvalue weighted by molar-refractivity contribution is 5.96. The van der Waals surface area contributed by atoms with Crippen molar-refractivity contribution in [3.05, 3.63) is 105 Å². The van der Waals surface area contributed by atoms with Gasteiger partial charge in [-0.1, -0.05) is 43.3 Å². The largest absolute Gasteiger partial charge is 0.375 e. The first-order valence-electron chi connectivity index (χ1n) is 9.71. The van der Waals surface area contributed by atoms with Crippen molar-refractivity contribution in [1.29, 1.82) is 0 Å². The minimum Gasteiger partial charge on any atom is -0.375 e. The fourth-order valence-electron chi connectivity index (χ4n) is 3.18. The highest BCUT2D eigenvalue weighted by atomic mass is 19.1. The molecule has 3 aromatic rings. The molecule has 0 unspecified atom stereocenters. The first-order valence-corrected chi connectivity index (χ1v) is 9.71. The zero-order valence-corrected chi connectivity index (χ0v) is 16.8. The number of rotatable bonds is 8. The van der Waals surface area contributed by atoms with Gasteiger partial charge in [0.1, 0.15) is 17.3 Å². The summed E-state index contributed by atoms with van der Waals surface area (Å²) in [5.41, 5.74) is 1.04. The second kappa shape index (κ2) is 9.80. The normalized spacial score (nSPS) is 11.6. The van der Waals surface area contributed by atoms with Gasteiger partial charge in [0, 0.05) is 29.8 Å². The second-order valence-corrected chi connectivity index (χ2v) is 6.92. The third-order valence-corrected chi connectivity index (χ3v) is 4.86. The van der Waals surface area contributed by atoms with Crippen LogP contribution in [0.4, 0.5) is 20.2 Å². The summed E-state index contributed by atoms with van der Waals surface area (Å²) in [6, 6.07) is 16.4. The van der Waals surface area contributed by atoms with Crippen LogP contribution < -0.4 is 10.6 Å². The lowest BCUT2D eigenvalue weighted by Crippen LogP contribution is -2.28. The van der Waals surface area contributed by atoms with E-state index in [9.17, 15) is 23.7 Å². The molecule has 0 aliphatic heterocycles. The van der Waals surface area contributed by atoms with Crippen LogP contribution in [-0.4, -0.2) is 10.8 Å². The molecule has 0 fully saturated rings. The molecule has 3 aromatic carbocycles. The van der Waals surface area contributed by atoms with Gasteiger partial charge in [0.2, 0.25) is 0 Å². The monoisotopic (exact) mass is 425 g/mol. The van der Waals surface area contributed by atoms with E-state index < -0.39 is 22.5 Å². The Bertz CT molecular complexity index is 1090. The van der Waals surface area contributed by atoms with Gasteiger partial charge in [0.15, 0.2) is 0 Å². The minimum absolute atomic E-state index is 0.0790. The van der Waals surface area contributed by atoms with Crippen molar-refractivity contribution in [2.75, 3.05) is 5.32 Å². The SMILES string of the molecule is CC[C@@H](NC(=O)c1ccc(NCc2ccc(F)cc2F)c([N+](=O)[O-])c1)c1ccccc1. The third-order valence-electron chi connectivity index (χ3n) is 4.86. The molecule has 0 aliphatic carbocycles. The standard InChI is InChI=1S/C23H21F2N3O3/c1-2-20(15-6-4-3-5-7-15)27-23(29)16-9-11-21(22(12-16)28(30)31)26-14-17-8-10-18(24)13-19(17)25/h3-13,20,26H,2,14H2,1H3,(H,27,29)/t20-/m1/s1. The molecule has 31 heavy (non-hydrogen) atoms. The maximum Gasteiger partial charge on any atom is 0.293 e. The molecule has 0 aliphatic rings. The van der Waals surface area contributed by atoms with Gasteiger partial charge >= 0.3 is 0 Å². The number of hydrogen-bond acceptors (Lipinski definition) is 4. The average Bonchev–Trinajstić information content (AvgIpc) is 2.77. The van der Waals surface area contributed by atoms with E-state index in [1.807, 2.05) is 37.3 Å². The molecule has 1 amide bonds. The van der Waals surface area contributed by atoms with Gasteiger partial charge in [0.25, 0.3) is 11.6 Å². The van der Waals surface area contributed by atoms with Crippen LogP contribution >= 0.6 is 0 Å². The molecule has 0 aromatic heterocycles. The summed E-state index contributed by atoms with van der Waals surface area (Å²) < 4.78 is 26.8. The predicted octanol–water partition coefficient (Wildman–Crippen LogP) is 5.37. The quantitative estimate of drug-likeness (QED) is 0.376. The van der Waals surface area contributed by atoms with Gasteiger partial charge in [-0.15, -0.1) is 0 Å².